The molecule has 3 N–H and O–H groups in total. The highest BCUT2D eigenvalue weighted by Crippen LogP contribution is 2.22. The molecule has 0 aliphatic carbocycles. The first-order valence-electron chi connectivity index (χ1n) is 6.02. The number of nitrogens with two attached hydrogens (primary N) is 1. The van der Waals surface area contributed by atoms with Gasteiger partial charge < -0.3 is 15.7 Å². The van der Waals surface area contributed by atoms with Gasteiger partial charge in [-0.15, -0.1) is 0 Å². The lowest BCUT2D eigenvalue weighted by molar-refractivity contribution is 0.102. The molecule has 1 saturated heterocycles. The van der Waals surface area contributed by atoms with Crippen LogP contribution in [0.25, 0.3) is 0 Å². The third-order valence-corrected chi connectivity index (χ3v) is 3.23. The molecule has 88 valence electrons. The fourth-order valence-corrected chi connectivity index (χ4v) is 2.30. The number of benzene rings is 1. The van der Waals surface area contributed by atoms with Crippen LogP contribution in [0.1, 0.15) is 30.9 Å². The van der Waals surface area contributed by atoms with Gasteiger partial charge in [-0.1, -0.05) is 24.6 Å². The molecule has 1 unspecified atom stereocenters. The van der Waals surface area contributed by atoms with Crippen LogP contribution in [0, 0.1) is 0 Å². The van der Waals surface area contributed by atoms with Crippen LogP contribution in [0.5, 0.6) is 0 Å². The average Bonchev–Trinajstić information content (AvgIpc) is 2.31. The quantitative estimate of drug-likeness (QED) is 0.763. The summed E-state index contributed by atoms with van der Waals surface area (Å²) >= 11 is 0. The molecule has 1 aliphatic heterocycles. The Labute approximate surface area is 96.9 Å². The second-order valence-corrected chi connectivity index (χ2v) is 4.51. The van der Waals surface area contributed by atoms with Crippen molar-refractivity contribution >= 4 is 5.69 Å². The molecular weight excluding hydrogens is 200 g/mol. The summed E-state index contributed by atoms with van der Waals surface area (Å²) in [5.41, 5.74) is 7.39. The van der Waals surface area contributed by atoms with Gasteiger partial charge in [-0.2, -0.15) is 0 Å². The first-order chi connectivity index (χ1) is 7.77. The van der Waals surface area contributed by atoms with Gasteiger partial charge in [0.25, 0.3) is 0 Å². The van der Waals surface area contributed by atoms with Crippen LogP contribution in [0.15, 0.2) is 24.3 Å². The van der Waals surface area contributed by atoms with Gasteiger partial charge in [0.15, 0.2) is 0 Å². The summed E-state index contributed by atoms with van der Waals surface area (Å²) in [6, 6.07) is 7.57. The molecule has 1 aromatic carbocycles. The van der Waals surface area contributed by atoms with Crippen LogP contribution in [0.4, 0.5) is 5.69 Å². The number of rotatable bonds is 3. The molecule has 3 nitrogen and oxygen atoms in total. The molecule has 0 aromatic heterocycles. The fraction of sp³-hybridized carbons (Fsp3) is 0.538. The normalized spacial score (nSPS) is 19.6. The van der Waals surface area contributed by atoms with E-state index in [0.717, 1.165) is 18.7 Å². The van der Waals surface area contributed by atoms with Gasteiger partial charge in [-0.3, -0.25) is 0 Å². The van der Waals surface area contributed by atoms with E-state index < -0.39 is 6.10 Å². The number of nitrogen functional groups attached to an aromatic ring is 1. The molecule has 1 aliphatic rings. The summed E-state index contributed by atoms with van der Waals surface area (Å²) in [7, 11) is 0. The Morgan fingerprint density at radius 3 is 2.56 bits per heavy atom. The Morgan fingerprint density at radius 2 is 1.88 bits per heavy atom. The maximum Gasteiger partial charge on any atom is 0.0936 e. The molecule has 0 bridgehead atoms. The Kier molecular flexibility index (Phi) is 3.80. The highest BCUT2D eigenvalue weighted by atomic mass is 16.3. The van der Waals surface area contributed by atoms with Gasteiger partial charge in [0.1, 0.15) is 0 Å². The highest BCUT2D eigenvalue weighted by molar-refractivity contribution is 5.47. The molecule has 0 radical (unpaired) electrons. The molecule has 3 heteroatoms. The number of hydrogen-bond acceptors (Lipinski definition) is 3. The average molecular weight is 220 g/mol. The summed E-state index contributed by atoms with van der Waals surface area (Å²) in [6.45, 7) is 2.90. The lowest BCUT2D eigenvalue weighted by atomic mass is 10.1. The summed E-state index contributed by atoms with van der Waals surface area (Å²) in [6.07, 6.45) is 3.35. The Hall–Kier alpha value is -1.06. The predicted octanol–water partition coefficient (Wildman–Crippen LogP) is 1.79. The molecule has 0 spiro atoms. The van der Waals surface area contributed by atoms with Crippen molar-refractivity contribution < 1.29 is 5.11 Å². The van der Waals surface area contributed by atoms with E-state index in [0.29, 0.717) is 12.2 Å². The van der Waals surface area contributed by atoms with Crippen LogP contribution in [-0.4, -0.2) is 29.6 Å². The number of likely N-dealkylation sites (tertiary alicyclic amines) is 1. The third kappa shape index (κ3) is 2.74. The van der Waals surface area contributed by atoms with E-state index in [9.17, 15) is 5.11 Å². The van der Waals surface area contributed by atoms with E-state index in [2.05, 4.69) is 4.90 Å². The molecule has 16 heavy (non-hydrogen) atoms. The van der Waals surface area contributed by atoms with Crippen molar-refractivity contribution in [3.8, 4) is 0 Å². The maximum absolute atomic E-state index is 10.1. The number of piperidine rings is 1. The lowest BCUT2D eigenvalue weighted by Crippen LogP contribution is -2.33. The number of aliphatic hydroxyl groups is 1. The molecule has 1 atom stereocenters. The van der Waals surface area contributed by atoms with E-state index in [4.69, 9.17) is 5.73 Å². The number of nitrogens with zero attached hydrogens (tertiary/aromatic N) is 1. The first kappa shape index (κ1) is 11.4. The van der Waals surface area contributed by atoms with Crippen molar-refractivity contribution in [1.29, 1.82) is 0 Å². The number of β-amino-alcohol motifs (C(OH)–C–C–N with tert-alkyl or cyclic N) is 1. The topological polar surface area (TPSA) is 49.5 Å². The van der Waals surface area contributed by atoms with Crippen LogP contribution in [0.3, 0.4) is 0 Å². The van der Waals surface area contributed by atoms with Crippen LogP contribution < -0.4 is 5.73 Å². The zero-order valence-electron chi connectivity index (χ0n) is 9.60. The van der Waals surface area contributed by atoms with Crippen LogP contribution in [-0.2, 0) is 0 Å². The van der Waals surface area contributed by atoms with E-state index >= 15 is 0 Å². The fourth-order valence-electron chi connectivity index (χ4n) is 2.30. The summed E-state index contributed by atoms with van der Waals surface area (Å²) in [5, 5.41) is 10.1. The van der Waals surface area contributed by atoms with E-state index in [-0.39, 0.29) is 0 Å². The third-order valence-electron chi connectivity index (χ3n) is 3.23. The minimum atomic E-state index is -0.459. The van der Waals surface area contributed by atoms with Gasteiger partial charge >= 0.3 is 0 Å². The lowest BCUT2D eigenvalue weighted by Gasteiger charge is -2.28. The van der Waals surface area contributed by atoms with Crippen molar-refractivity contribution in [2.24, 2.45) is 0 Å². The maximum atomic E-state index is 10.1. The molecule has 0 amide bonds. The Morgan fingerprint density at radius 1 is 1.19 bits per heavy atom. The Bertz CT molecular complexity index is 334. The molecule has 1 fully saturated rings. The minimum Gasteiger partial charge on any atom is -0.398 e. The SMILES string of the molecule is Nc1ccccc1C(O)CN1CCCCC1. The smallest absolute Gasteiger partial charge is 0.0936 e. The van der Waals surface area contributed by atoms with Gasteiger partial charge in [0.05, 0.1) is 6.10 Å². The van der Waals surface area contributed by atoms with Gasteiger partial charge in [-0.05, 0) is 32.0 Å². The Balaban J connectivity index is 1.96. The van der Waals surface area contributed by atoms with Crippen LogP contribution >= 0.6 is 0 Å². The number of anilines is 1. The second kappa shape index (κ2) is 5.32. The molecule has 1 aromatic rings. The molecule has 0 saturated carbocycles. The monoisotopic (exact) mass is 220 g/mol. The minimum absolute atomic E-state index is 0.459. The molecule has 2 rings (SSSR count). The zero-order valence-corrected chi connectivity index (χ0v) is 9.60. The largest absolute Gasteiger partial charge is 0.398 e. The van der Waals surface area contributed by atoms with Gasteiger partial charge in [0, 0.05) is 17.8 Å². The van der Waals surface area contributed by atoms with Gasteiger partial charge in [-0.25, -0.2) is 0 Å². The van der Waals surface area contributed by atoms with E-state index in [1.165, 1.54) is 19.3 Å². The second-order valence-electron chi connectivity index (χ2n) is 4.51. The van der Waals surface area contributed by atoms with Crippen molar-refractivity contribution in [2.45, 2.75) is 25.4 Å². The molecular formula is C13H20N2O. The zero-order chi connectivity index (χ0) is 11.4. The number of para-hydroxylation sites is 1. The summed E-state index contributed by atoms with van der Waals surface area (Å²) in [5.74, 6) is 0. The highest BCUT2D eigenvalue weighted by Gasteiger charge is 2.16. The summed E-state index contributed by atoms with van der Waals surface area (Å²) in [4.78, 5) is 2.32. The van der Waals surface area contributed by atoms with E-state index in [1.807, 2.05) is 24.3 Å². The van der Waals surface area contributed by atoms with Crippen LogP contribution in [0.2, 0.25) is 0 Å². The van der Waals surface area contributed by atoms with Crippen molar-refractivity contribution in [3.63, 3.8) is 0 Å². The molecule has 1 heterocycles. The first-order valence-corrected chi connectivity index (χ1v) is 6.02. The predicted molar refractivity (Wildman–Crippen MR) is 66.1 cm³/mol. The van der Waals surface area contributed by atoms with Crippen molar-refractivity contribution in [1.82, 2.24) is 4.90 Å². The van der Waals surface area contributed by atoms with Gasteiger partial charge in [0.2, 0.25) is 0 Å². The number of aliphatic hydroxyl groups excluding tert-OH is 1. The standard InChI is InChI=1S/C13H20N2O/c14-12-7-3-2-6-11(12)13(16)10-15-8-4-1-5-9-15/h2-3,6-7,13,16H,1,4-5,8-10,14H2. The van der Waals surface area contributed by atoms with E-state index in [1.54, 1.807) is 0 Å². The van der Waals surface area contributed by atoms with Crippen molar-refractivity contribution in [3.05, 3.63) is 29.8 Å². The number of hydrogen-bond donors (Lipinski definition) is 2. The summed E-state index contributed by atoms with van der Waals surface area (Å²) < 4.78 is 0. The van der Waals surface area contributed by atoms with Crippen molar-refractivity contribution in [2.75, 3.05) is 25.4 Å².